The summed E-state index contributed by atoms with van der Waals surface area (Å²) in [7, 11) is 1.34. The summed E-state index contributed by atoms with van der Waals surface area (Å²) in [6, 6.07) is 31.3. The van der Waals surface area contributed by atoms with E-state index >= 15 is 0 Å². The van der Waals surface area contributed by atoms with Gasteiger partial charge in [0, 0.05) is 44.3 Å². The number of benzene rings is 4. The topological polar surface area (TPSA) is 61.8 Å². The Labute approximate surface area is 254 Å². The number of carbonyl (C=O) groups is 1. The van der Waals surface area contributed by atoms with E-state index in [1.165, 1.54) is 19.3 Å². The van der Waals surface area contributed by atoms with Gasteiger partial charge in [-0.05, 0) is 52.8 Å². The largest absolute Gasteiger partial charge is 0.490 e. The van der Waals surface area contributed by atoms with Crippen LogP contribution in [0.3, 0.4) is 0 Å². The molecule has 4 aromatic rings. The smallest absolute Gasteiger partial charge is 0.330 e. The number of ether oxygens (including phenoxy) is 3. The minimum atomic E-state index is -0.457. The van der Waals surface area contributed by atoms with Gasteiger partial charge in [0.25, 0.3) is 0 Å². The van der Waals surface area contributed by atoms with E-state index in [2.05, 4.69) is 0 Å². The van der Waals surface area contributed by atoms with E-state index in [1.807, 2.05) is 97.1 Å². The van der Waals surface area contributed by atoms with Gasteiger partial charge >= 0.3 is 5.97 Å². The number of allylic oxidation sites excluding steroid dienone is 1. The van der Waals surface area contributed by atoms with Crippen LogP contribution in [0, 0.1) is 0 Å². The van der Waals surface area contributed by atoms with Crippen LogP contribution >= 0.6 is 0 Å². The van der Waals surface area contributed by atoms with Crippen LogP contribution in [0.2, 0.25) is 0 Å². The third-order valence-electron chi connectivity index (χ3n) is 5.76. The molecule has 0 amide bonds. The summed E-state index contributed by atoms with van der Waals surface area (Å²) in [5.41, 5.74) is 5.37. The Hall–Kier alpha value is -3.80. The molecule has 5 nitrogen and oxygen atoms in total. The monoisotopic (exact) mass is 592 g/mol. The first-order chi connectivity index (χ1) is 18.7. The zero-order chi connectivity index (χ0) is 26.6. The summed E-state index contributed by atoms with van der Waals surface area (Å²) in [5, 5.41) is 0. The molecule has 0 aliphatic carbocycles. The second kappa shape index (κ2) is 15.6. The third-order valence-corrected chi connectivity index (χ3v) is 5.76. The normalized spacial score (nSPS) is 10.7. The molecule has 39 heavy (non-hydrogen) atoms. The van der Waals surface area contributed by atoms with Crippen molar-refractivity contribution in [2.24, 2.45) is 0 Å². The molecule has 0 aliphatic rings. The molecule has 0 heterocycles. The van der Waals surface area contributed by atoms with Gasteiger partial charge < -0.3 is 19.0 Å². The second-order valence-corrected chi connectivity index (χ2v) is 8.36. The van der Waals surface area contributed by atoms with E-state index in [4.69, 9.17) is 14.2 Å². The van der Waals surface area contributed by atoms with E-state index < -0.39 is 5.97 Å². The van der Waals surface area contributed by atoms with E-state index in [1.54, 1.807) is 18.4 Å². The molecule has 0 atom stereocenters. The number of hydrogen-bond donors (Lipinski definition) is 0. The maximum absolute atomic E-state index is 11.8. The quantitative estimate of drug-likeness (QED) is 0.109. The Bertz CT molecular complexity index is 1430. The molecule has 0 aromatic heterocycles. The fraction of sp³-hybridized carbons (Fsp3) is 0.0909. The van der Waals surface area contributed by atoms with Crippen molar-refractivity contribution in [3.63, 3.8) is 0 Å². The predicted octanol–water partition coefficient (Wildman–Crippen LogP) is 6.82. The number of methoxy groups -OCH3 is 1. The number of rotatable bonds is 11. The number of carbonyl (C=O) groups excluding carboxylic acids is 2. The van der Waals surface area contributed by atoms with Gasteiger partial charge in [0.2, 0.25) is 0 Å². The Morgan fingerprint density at radius 3 is 1.67 bits per heavy atom. The van der Waals surface area contributed by atoms with Gasteiger partial charge in [0.1, 0.15) is 24.7 Å². The van der Waals surface area contributed by atoms with Crippen LogP contribution in [-0.2, 0) is 60.2 Å². The number of hydrogen-bond acceptors (Lipinski definition) is 5. The van der Waals surface area contributed by atoms with Gasteiger partial charge in [-0.25, -0.2) is 4.79 Å². The molecule has 6 heteroatoms. The van der Waals surface area contributed by atoms with Crippen molar-refractivity contribution < 1.29 is 56.5 Å². The first-order valence-corrected chi connectivity index (χ1v) is 12.1. The molecule has 193 valence electrons. The third kappa shape index (κ3) is 8.88. The molecule has 0 saturated carbocycles. The molecule has 1 radical (unpaired) electrons. The van der Waals surface area contributed by atoms with Crippen molar-refractivity contribution in [2.45, 2.75) is 13.2 Å². The molecule has 4 aromatic carbocycles. The Balaban J connectivity index is 0.00000420. The van der Waals surface area contributed by atoms with Crippen LogP contribution in [0.15, 0.2) is 109 Å². The summed E-state index contributed by atoms with van der Waals surface area (Å²) in [6.45, 7) is 0.797. The summed E-state index contributed by atoms with van der Waals surface area (Å²) >= 11 is 0. The summed E-state index contributed by atoms with van der Waals surface area (Å²) in [4.78, 5) is 22.7. The molecule has 0 saturated heterocycles. The van der Waals surface area contributed by atoms with Gasteiger partial charge in [-0.2, -0.15) is 12.2 Å². The summed E-state index contributed by atoms with van der Waals surface area (Å²) in [5.74, 6) is 0.829. The van der Waals surface area contributed by atoms with Gasteiger partial charge in [-0.3, -0.25) is 0 Å². The molecular formula is C33H27O5Y-. The van der Waals surface area contributed by atoms with Crippen LogP contribution in [-0.4, -0.2) is 19.4 Å². The van der Waals surface area contributed by atoms with Gasteiger partial charge in [0.05, 0.1) is 7.11 Å². The van der Waals surface area contributed by atoms with Crippen molar-refractivity contribution >= 4 is 24.4 Å². The zero-order valence-electron chi connectivity index (χ0n) is 21.6. The molecule has 4 rings (SSSR count). The van der Waals surface area contributed by atoms with Crippen LogP contribution in [0.4, 0.5) is 0 Å². The van der Waals surface area contributed by atoms with Crippen molar-refractivity contribution in [3.8, 4) is 22.6 Å². The molecule has 0 bridgehead atoms. The number of esters is 1. The van der Waals surface area contributed by atoms with Crippen LogP contribution in [0.1, 0.15) is 22.3 Å². The average molecular weight is 592 g/mol. The zero-order valence-corrected chi connectivity index (χ0v) is 24.4. The van der Waals surface area contributed by atoms with Crippen molar-refractivity contribution in [1.29, 1.82) is 0 Å². The predicted molar refractivity (Wildman–Crippen MR) is 149 cm³/mol. The van der Waals surface area contributed by atoms with Crippen LogP contribution in [0.25, 0.3) is 23.3 Å². The minimum absolute atomic E-state index is 0. The summed E-state index contributed by atoms with van der Waals surface area (Å²) in [6.07, 6.45) is 7.83. The molecular weight excluding hydrogens is 565 g/mol. The van der Waals surface area contributed by atoms with Crippen molar-refractivity contribution in [2.75, 3.05) is 7.11 Å². The molecule has 0 aliphatic heterocycles. The molecule has 0 unspecified atom stereocenters. The maximum Gasteiger partial charge on any atom is 0.330 e. The van der Waals surface area contributed by atoms with Crippen molar-refractivity contribution in [1.82, 2.24) is 0 Å². The Morgan fingerprint density at radius 2 is 1.21 bits per heavy atom. The van der Waals surface area contributed by atoms with Crippen LogP contribution in [0.5, 0.6) is 11.5 Å². The Morgan fingerprint density at radius 1 is 0.718 bits per heavy atom. The van der Waals surface area contributed by atoms with E-state index in [0.29, 0.717) is 24.7 Å². The van der Waals surface area contributed by atoms with Gasteiger partial charge in [0.15, 0.2) is 0 Å². The van der Waals surface area contributed by atoms with E-state index in [0.717, 1.165) is 33.4 Å². The first-order valence-electron chi connectivity index (χ1n) is 12.1. The summed E-state index contributed by atoms with van der Waals surface area (Å²) < 4.78 is 16.9. The average Bonchev–Trinajstić information content (AvgIpc) is 2.98. The Kier molecular flexibility index (Phi) is 11.9. The van der Waals surface area contributed by atoms with E-state index in [-0.39, 0.29) is 32.7 Å². The standard InChI is InChI=1S/C33H27O5.Y/c1-36-33(35)19-16-30-22-28(15-18-32(30)38-24-26-11-6-3-7-12-26)27-14-17-31(29(21-27)13-8-20-34)37-23-25-9-4-2-5-10-25;/h2-19,21-22H,23-24H2,1H3;/q-1;/b13-8+,19-16+;. The minimum Gasteiger partial charge on any atom is -0.490 e. The molecule has 0 N–H and O–H groups in total. The SMILES string of the molecule is COC(=O)/C=C/c1cc(-c2ccc(OCc3ccccc3)c(/C=C/[C-]=O)c2)ccc1OCc1ccccc1.[Y]. The van der Waals surface area contributed by atoms with Crippen molar-refractivity contribution in [3.05, 3.63) is 131 Å². The van der Waals surface area contributed by atoms with E-state index in [9.17, 15) is 9.59 Å². The van der Waals surface area contributed by atoms with Gasteiger partial charge in [-0.1, -0.05) is 84.4 Å². The fourth-order valence-electron chi connectivity index (χ4n) is 3.80. The first kappa shape index (κ1) is 29.8. The van der Waals surface area contributed by atoms with Gasteiger partial charge in [-0.15, -0.1) is 0 Å². The molecule has 0 fully saturated rings. The maximum atomic E-state index is 11.8. The fourth-order valence-corrected chi connectivity index (χ4v) is 3.80. The second-order valence-electron chi connectivity index (χ2n) is 8.36. The van der Waals surface area contributed by atoms with Crippen LogP contribution < -0.4 is 9.47 Å². The molecule has 0 spiro atoms.